The van der Waals surface area contributed by atoms with E-state index in [0.29, 0.717) is 12.0 Å². The van der Waals surface area contributed by atoms with Crippen LogP contribution in [0.3, 0.4) is 0 Å². The lowest BCUT2D eigenvalue weighted by atomic mass is 10.2. The van der Waals surface area contributed by atoms with E-state index in [9.17, 15) is 0 Å². The predicted molar refractivity (Wildman–Crippen MR) is 82.0 cm³/mol. The Kier molecular flexibility index (Phi) is 5.43. The molecule has 1 aromatic rings. The number of nitrogens with zero attached hydrogens (tertiary/aromatic N) is 3. The molecule has 0 bridgehead atoms. The van der Waals surface area contributed by atoms with Crippen molar-refractivity contribution < 1.29 is 4.42 Å². The molecule has 0 aromatic carbocycles. The van der Waals surface area contributed by atoms with E-state index in [4.69, 9.17) is 4.42 Å². The zero-order valence-corrected chi connectivity index (χ0v) is 13.2. The van der Waals surface area contributed by atoms with E-state index in [1.165, 1.54) is 0 Å². The van der Waals surface area contributed by atoms with Crippen LogP contribution < -0.4 is 10.2 Å². The molecule has 1 saturated heterocycles. The highest BCUT2D eigenvalue weighted by Crippen LogP contribution is 2.19. The van der Waals surface area contributed by atoms with Gasteiger partial charge in [-0.15, -0.1) is 0 Å². The lowest BCUT2D eigenvalue weighted by Gasteiger charge is -2.26. The fourth-order valence-electron chi connectivity index (χ4n) is 2.65. The minimum Gasteiger partial charge on any atom is -0.432 e. The van der Waals surface area contributed by atoms with Gasteiger partial charge in [-0.1, -0.05) is 13.8 Å². The maximum absolute atomic E-state index is 5.68. The molecule has 0 aliphatic carbocycles. The van der Waals surface area contributed by atoms with Crippen LogP contribution in [-0.2, 0) is 6.54 Å². The molecule has 2 heterocycles. The van der Waals surface area contributed by atoms with Crippen molar-refractivity contribution in [3.63, 3.8) is 0 Å². The van der Waals surface area contributed by atoms with E-state index >= 15 is 0 Å². The topological polar surface area (TPSA) is 44.5 Å². The molecular formula is C15H28N4O. The number of rotatable bonds is 5. The zero-order valence-electron chi connectivity index (χ0n) is 13.2. The summed E-state index contributed by atoms with van der Waals surface area (Å²) in [4.78, 5) is 9.29. The minimum atomic E-state index is 0.442. The molecule has 0 amide bonds. The van der Waals surface area contributed by atoms with Crippen molar-refractivity contribution in [1.82, 2.24) is 15.2 Å². The van der Waals surface area contributed by atoms with E-state index in [1.807, 2.05) is 0 Å². The first-order valence-electron chi connectivity index (χ1n) is 7.66. The highest BCUT2D eigenvalue weighted by Gasteiger charge is 2.23. The second kappa shape index (κ2) is 7.09. The Labute approximate surface area is 122 Å². The molecule has 0 saturated carbocycles. The fraction of sp³-hybridized carbons (Fsp3) is 0.800. The van der Waals surface area contributed by atoms with Crippen LogP contribution in [0.2, 0.25) is 0 Å². The molecule has 1 atom stereocenters. The molecule has 1 fully saturated rings. The van der Waals surface area contributed by atoms with Gasteiger partial charge in [0.05, 0.1) is 5.69 Å². The van der Waals surface area contributed by atoms with Gasteiger partial charge in [0.1, 0.15) is 6.26 Å². The van der Waals surface area contributed by atoms with Crippen LogP contribution in [0.5, 0.6) is 0 Å². The first kappa shape index (κ1) is 15.3. The molecule has 1 aliphatic rings. The summed E-state index contributed by atoms with van der Waals surface area (Å²) in [7, 11) is 2.18. The Hall–Kier alpha value is -1.07. The third kappa shape index (κ3) is 4.21. The number of oxazole rings is 1. The van der Waals surface area contributed by atoms with Gasteiger partial charge in [0.2, 0.25) is 0 Å². The van der Waals surface area contributed by atoms with Crippen LogP contribution in [-0.4, -0.2) is 49.2 Å². The summed E-state index contributed by atoms with van der Waals surface area (Å²) in [5.74, 6) is 0.655. The van der Waals surface area contributed by atoms with Gasteiger partial charge in [-0.3, -0.25) is 0 Å². The van der Waals surface area contributed by atoms with Gasteiger partial charge >= 0.3 is 0 Å². The first-order valence-corrected chi connectivity index (χ1v) is 7.66. The maximum Gasteiger partial charge on any atom is 0.297 e. The number of anilines is 1. The normalized spacial score (nSPS) is 21.4. The Morgan fingerprint density at radius 2 is 2.25 bits per heavy atom. The largest absolute Gasteiger partial charge is 0.432 e. The van der Waals surface area contributed by atoms with Crippen LogP contribution >= 0.6 is 0 Å². The summed E-state index contributed by atoms with van der Waals surface area (Å²) >= 11 is 0. The van der Waals surface area contributed by atoms with Crippen molar-refractivity contribution in [2.45, 2.75) is 39.8 Å². The summed E-state index contributed by atoms with van der Waals surface area (Å²) in [6.45, 7) is 11.7. The minimum absolute atomic E-state index is 0.442. The number of aromatic nitrogens is 1. The third-order valence-corrected chi connectivity index (χ3v) is 3.69. The van der Waals surface area contributed by atoms with Gasteiger partial charge in [-0.2, -0.15) is 4.98 Å². The van der Waals surface area contributed by atoms with Crippen LogP contribution in [0, 0.1) is 5.92 Å². The SMILES string of the molecule is CC(C)CNCc1coc(N2CCCN(C)CC2C)n1. The molecule has 0 radical (unpaired) electrons. The molecule has 1 aliphatic heterocycles. The highest BCUT2D eigenvalue weighted by molar-refractivity contribution is 5.29. The average Bonchev–Trinajstić information content (AvgIpc) is 2.75. The van der Waals surface area contributed by atoms with E-state index in [0.717, 1.165) is 50.9 Å². The van der Waals surface area contributed by atoms with Crippen molar-refractivity contribution >= 4 is 6.01 Å². The number of nitrogens with one attached hydrogen (secondary N) is 1. The van der Waals surface area contributed by atoms with Crippen LogP contribution in [0.1, 0.15) is 32.9 Å². The number of hydrogen-bond donors (Lipinski definition) is 1. The van der Waals surface area contributed by atoms with Gasteiger partial charge in [0.25, 0.3) is 6.01 Å². The lowest BCUT2D eigenvalue weighted by molar-refractivity contribution is 0.335. The Morgan fingerprint density at radius 3 is 3.00 bits per heavy atom. The summed E-state index contributed by atoms with van der Waals surface area (Å²) in [5, 5.41) is 3.40. The Morgan fingerprint density at radius 1 is 1.45 bits per heavy atom. The van der Waals surface area contributed by atoms with Crippen LogP contribution in [0.25, 0.3) is 0 Å². The Balaban J connectivity index is 1.93. The van der Waals surface area contributed by atoms with E-state index < -0.39 is 0 Å². The Bertz CT molecular complexity index is 404. The molecular weight excluding hydrogens is 252 g/mol. The second-order valence-electron chi connectivity index (χ2n) is 6.30. The predicted octanol–water partition coefficient (Wildman–Crippen LogP) is 1.95. The van der Waals surface area contributed by atoms with Crippen molar-refractivity contribution in [3.05, 3.63) is 12.0 Å². The van der Waals surface area contributed by atoms with Crippen molar-refractivity contribution in [2.75, 3.05) is 38.1 Å². The van der Waals surface area contributed by atoms with Gasteiger partial charge in [0.15, 0.2) is 0 Å². The summed E-state index contributed by atoms with van der Waals surface area (Å²) < 4.78 is 5.68. The lowest BCUT2D eigenvalue weighted by Crippen LogP contribution is -2.38. The van der Waals surface area contributed by atoms with Crippen LogP contribution in [0.15, 0.2) is 10.7 Å². The summed E-state index contributed by atoms with van der Waals surface area (Å²) in [6.07, 6.45) is 2.94. The fourth-order valence-corrected chi connectivity index (χ4v) is 2.65. The molecule has 114 valence electrons. The van der Waals surface area contributed by atoms with Crippen molar-refractivity contribution in [2.24, 2.45) is 5.92 Å². The maximum atomic E-state index is 5.68. The molecule has 1 unspecified atom stereocenters. The highest BCUT2D eigenvalue weighted by atomic mass is 16.4. The molecule has 1 N–H and O–H groups in total. The van der Waals surface area contributed by atoms with Crippen LogP contribution in [0.4, 0.5) is 6.01 Å². The van der Waals surface area contributed by atoms with Gasteiger partial charge < -0.3 is 19.5 Å². The third-order valence-electron chi connectivity index (χ3n) is 3.69. The van der Waals surface area contributed by atoms with E-state index in [2.05, 4.69) is 47.9 Å². The molecule has 0 spiro atoms. The molecule has 5 nitrogen and oxygen atoms in total. The molecule has 5 heteroatoms. The van der Waals surface area contributed by atoms with Gasteiger partial charge in [-0.05, 0) is 39.4 Å². The number of likely N-dealkylation sites (N-methyl/N-ethyl adjacent to an activating group) is 1. The van der Waals surface area contributed by atoms with E-state index in [-0.39, 0.29) is 0 Å². The quantitative estimate of drug-likeness (QED) is 0.893. The summed E-state index contributed by atoms with van der Waals surface area (Å²) in [6, 6.07) is 1.21. The molecule has 20 heavy (non-hydrogen) atoms. The van der Waals surface area contributed by atoms with E-state index in [1.54, 1.807) is 6.26 Å². The monoisotopic (exact) mass is 280 g/mol. The molecule has 2 rings (SSSR count). The summed E-state index contributed by atoms with van der Waals surface area (Å²) in [5.41, 5.74) is 0.991. The average molecular weight is 280 g/mol. The zero-order chi connectivity index (χ0) is 14.5. The van der Waals surface area contributed by atoms with Crippen molar-refractivity contribution in [3.8, 4) is 0 Å². The van der Waals surface area contributed by atoms with Gasteiger partial charge in [0, 0.05) is 25.7 Å². The smallest absolute Gasteiger partial charge is 0.297 e. The second-order valence-corrected chi connectivity index (χ2v) is 6.30. The first-order chi connectivity index (χ1) is 9.56. The van der Waals surface area contributed by atoms with Gasteiger partial charge in [-0.25, -0.2) is 0 Å². The molecule has 1 aromatic heterocycles. The standard InChI is InChI=1S/C15H28N4O/c1-12(2)8-16-9-14-11-20-15(17-14)19-7-5-6-18(4)10-13(19)3/h11-13,16H,5-10H2,1-4H3. The van der Waals surface area contributed by atoms with Crippen molar-refractivity contribution in [1.29, 1.82) is 0 Å². The number of hydrogen-bond acceptors (Lipinski definition) is 5.